The van der Waals surface area contributed by atoms with E-state index in [4.69, 9.17) is 0 Å². The van der Waals surface area contributed by atoms with Gasteiger partial charge in [0, 0.05) is 35.1 Å². The minimum atomic E-state index is -0.257. The first kappa shape index (κ1) is 19.5. The number of carbonyl (C=O) groups is 1. The molecular weight excluding hydrogens is 380 g/mol. The van der Waals surface area contributed by atoms with E-state index in [2.05, 4.69) is 38.8 Å². The number of hydrogen-bond acceptors (Lipinski definition) is 4. The molecule has 0 bridgehead atoms. The molecule has 5 nitrogen and oxygen atoms in total. The lowest BCUT2D eigenvalue weighted by molar-refractivity contribution is 0.0995. The number of aromatic amines is 1. The third kappa shape index (κ3) is 3.85. The monoisotopic (exact) mass is 404 g/mol. The fourth-order valence-electron chi connectivity index (χ4n) is 3.64. The molecule has 29 heavy (non-hydrogen) atoms. The summed E-state index contributed by atoms with van der Waals surface area (Å²) in [6.45, 7) is 6.75. The van der Waals surface area contributed by atoms with Gasteiger partial charge in [-0.1, -0.05) is 60.3 Å². The molecule has 2 aromatic heterocycles. The van der Waals surface area contributed by atoms with Crippen molar-refractivity contribution < 1.29 is 4.79 Å². The SMILES string of the molecule is CCn1c(Cc2ccccc2)nnc1S[C@@H](C)C(=O)c1c(C)[nH]c2ccccc12. The van der Waals surface area contributed by atoms with Gasteiger partial charge in [0.1, 0.15) is 5.82 Å². The summed E-state index contributed by atoms with van der Waals surface area (Å²) in [4.78, 5) is 16.6. The lowest BCUT2D eigenvalue weighted by Crippen LogP contribution is -2.15. The molecule has 0 spiro atoms. The first-order chi connectivity index (χ1) is 14.1. The van der Waals surface area contributed by atoms with Crippen LogP contribution in [-0.2, 0) is 13.0 Å². The minimum absolute atomic E-state index is 0.111. The molecule has 0 aliphatic heterocycles. The van der Waals surface area contributed by atoms with E-state index in [1.807, 2.05) is 56.3 Å². The number of thioether (sulfide) groups is 1. The number of rotatable bonds is 7. The molecule has 0 saturated heterocycles. The van der Waals surface area contributed by atoms with Gasteiger partial charge in [0.25, 0.3) is 0 Å². The van der Waals surface area contributed by atoms with Crippen LogP contribution in [0.3, 0.4) is 0 Å². The second kappa shape index (κ2) is 8.25. The van der Waals surface area contributed by atoms with Crippen molar-refractivity contribution in [2.45, 2.75) is 44.1 Å². The molecule has 0 aliphatic carbocycles. The molecule has 0 unspecified atom stereocenters. The van der Waals surface area contributed by atoms with Crippen LogP contribution in [0.25, 0.3) is 10.9 Å². The van der Waals surface area contributed by atoms with Crippen molar-refractivity contribution >= 4 is 28.4 Å². The van der Waals surface area contributed by atoms with Crippen LogP contribution in [0.5, 0.6) is 0 Å². The molecule has 0 fully saturated rings. The molecule has 2 heterocycles. The molecule has 0 radical (unpaired) electrons. The average molecular weight is 405 g/mol. The summed E-state index contributed by atoms with van der Waals surface area (Å²) in [5.41, 5.74) is 3.87. The normalized spacial score (nSPS) is 12.4. The Kier molecular flexibility index (Phi) is 5.53. The summed E-state index contributed by atoms with van der Waals surface area (Å²) >= 11 is 1.48. The van der Waals surface area contributed by atoms with Gasteiger partial charge in [-0.05, 0) is 32.4 Å². The van der Waals surface area contributed by atoms with E-state index in [-0.39, 0.29) is 11.0 Å². The number of ketones is 1. The van der Waals surface area contributed by atoms with Gasteiger partial charge >= 0.3 is 0 Å². The number of nitrogens with one attached hydrogen (secondary N) is 1. The smallest absolute Gasteiger partial charge is 0.191 e. The predicted molar refractivity (Wildman–Crippen MR) is 118 cm³/mol. The van der Waals surface area contributed by atoms with E-state index >= 15 is 0 Å². The lowest BCUT2D eigenvalue weighted by Gasteiger charge is -2.12. The number of carbonyl (C=O) groups excluding carboxylic acids is 1. The second-order valence-corrected chi connectivity index (χ2v) is 8.41. The molecule has 0 saturated carbocycles. The van der Waals surface area contributed by atoms with Gasteiger partial charge in [-0.2, -0.15) is 0 Å². The van der Waals surface area contributed by atoms with Crippen LogP contribution in [-0.4, -0.2) is 30.8 Å². The highest BCUT2D eigenvalue weighted by Gasteiger charge is 2.24. The van der Waals surface area contributed by atoms with Crippen LogP contribution in [0.2, 0.25) is 0 Å². The highest BCUT2D eigenvalue weighted by molar-refractivity contribution is 8.00. The van der Waals surface area contributed by atoms with E-state index in [0.29, 0.717) is 0 Å². The van der Waals surface area contributed by atoms with Crippen LogP contribution >= 0.6 is 11.8 Å². The minimum Gasteiger partial charge on any atom is -0.358 e. The summed E-state index contributed by atoms with van der Waals surface area (Å²) < 4.78 is 2.10. The molecule has 1 N–H and O–H groups in total. The van der Waals surface area contributed by atoms with E-state index in [0.717, 1.165) is 46.1 Å². The topological polar surface area (TPSA) is 63.6 Å². The van der Waals surface area contributed by atoms with Gasteiger partial charge in [0.2, 0.25) is 0 Å². The maximum absolute atomic E-state index is 13.2. The van der Waals surface area contributed by atoms with E-state index < -0.39 is 0 Å². The predicted octanol–water partition coefficient (Wildman–Crippen LogP) is 5.04. The largest absolute Gasteiger partial charge is 0.358 e. The number of hydrogen-bond donors (Lipinski definition) is 1. The molecule has 2 aromatic carbocycles. The average Bonchev–Trinajstić information content (AvgIpc) is 3.27. The van der Waals surface area contributed by atoms with Gasteiger partial charge < -0.3 is 9.55 Å². The van der Waals surface area contributed by atoms with Crippen LogP contribution in [0.15, 0.2) is 59.8 Å². The molecular formula is C23H24N4OS. The quantitative estimate of drug-likeness (QED) is 0.346. The third-order valence-corrected chi connectivity index (χ3v) is 6.19. The third-order valence-electron chi connectivity index (χ3n) is 5.11. The Hall–Kier alpha value is -2.86. The first-order valence-electron chi connectivity index (χ1n) is 9.82. The number of Topliss-reactive ketones (excluding diaryl/α,β-unsaturated/α-hetero) is 1. The number of nitrogens with zero attached hydrogens (tertiary/aromatic N) is 3. The van der Waals surface area contributed by atoms with Crippen molar-refractivity contribution in [2.75, 3.05) is 0 Å². The molecule has 6 heteroatoms. The van der Waals surface area contributed by atoms with Gasteiger partial charge in [-0.3, -0.25) is 4.79 Å². The van der Waals surface area contributed by atoms with Gasteiger partial charge in [-0.25, -0.2) is 0 Å². The maximum Gasteiger partial charge on any atom is 0.191 e. The number of H-pyrrole nitrogens is 1. The van der Waals surface area contributed by atoms with Crippen LogP contribution in [0.1, 0.15) is 41.3 Å². The van der Waals surface area contributed by atoms with E-state index in [1.54, 1.807) is 0 Å². The Labute approximate surface area is 174 Å². The number of para-hydroxylation sites is 1. The van der Waals surface area contributed by atoms with Crippen molar-refractivity contribution in [1.82, 2.24) is 19.7 Å². The van der Waals surface area contributed by atoms with Crippen molar-refractivity contribution in [1.29, 1.82) is 0 Å². The van der Waals surface area contributed by atoms with E-state index in [1.165, 1.54) is 17.3 Å². The zero-order valence-electron chi connectivity index (χ0n) is 16.8. The zero-order chi connectivity index (χ0) is 20.4. The molecule has 4 rings (SSSR count). The molecule has 1 atom stereocenters. The molecule has 148 valence electrons. The molecule has 4 aromatic rings. The maximum atomic E-state index is 13.2. The number of benzene rings is 2. The summed E-state index contributed by atoms with van der Waals surface area (Å²) in [6.07, 6.45) is 0.728. The first-order valence-corrected chi connectivity index (χ1v) is 10.7. The molecule has 0 aliphatic rings. The number of aromatic nitrogens is 4. The Bertz CT molecular complexity index is 1150. The summed E-state index contributed by atoms with van der Waals surface area (Å²) in [5, 5.41) is 10.3. The van der Waals surface area contributed by atoms with Crippen molar-refractivity contribution in [3.05, 3.63) is 77.2 Å². The Balaban J connectivity index is 1.57. The van der Waals surface area contributed by atoms with Crippen LogP contribution in [0, 0.1) is 6.92 Å². The second-order valence-electron chi connectivity index (χ2n) is 7.10. The zero-order valence-corrected chi connectivity index (χ0v) is 17.7. The fourth-order valence-corrected chi connectivity index (χ4v) is 4.63. The summed E-state index contributed by atoms with van der Waals surface area (Å²) in [7, 11) is 0. The van der Waals surface area contributed by atoms with Crippen molar-refractivity contribution in [3.8, 4) is 0 Å². The van der Waals surface area contributed by atoms with E-state index in [9.17, 15) is 4.79 Å². The van der Waals surface area contributed by atoms with Crippen molar-refractivity contribution in [2.24, 2.45) is 0 Å². The Morgan fingerprint density at radius 2 is 1.83 bits per heavy atom. The highest BCUT2D eigenvalue weighted by atomic mass is 32.2. The van der Waals surface area contributed by atoms with Gasteiger partial charge in [-0.15, -0.1) is 10.2 Å². The number of fused-ring (bicyclic) bond motifs is 1. The Morgan fingerprint density at radius 3 is 2.59 bits per heavy atom. The summed E-state index contributed by atoms with van der Waals surface area (Å²) in [6, 6.07) is 18.2. The fraction of sp³-hybridized carbons (Fsp3) is 0.261. The van der Waals surface area contributed by atoms with Gasteiger partial charge in [0.15, 0.2) is 10.9 Å². The van der Waals surface area contributed by atoms with Gasteiger partial charge in [0.05, 0.1) is 5.25 Å². The highest BCUT2D eigenvalue weighted by Crippen LogP contribution is 2.30. The molecule has 0 amide bonds. The lowest BCUT2D eigenvalue weighted by atomic mass is 10.1. The Morgan fingerprint density at radius 1 is 1.10 bits per heavy atom. The standard InChI is InChI=1S/C23H24N4OS/c1-4-27-20(14-17-10-6-5-7-11-17)25-26-23(27)29-16(3)22(28)21-15(2)24-19-13-9-8-12-18(19)21/h5-13,16,24H,4,14H2,1-3H3/t16-/m0/s1. The van der Waals surface area contributed by atoms with Crippen LogP contribution in [0.4, 0.5) is 0 Å². The van der Waals surface area contributed by atoms with Crippen LogP contribution < -0.4 is 0 Å². The number of aryl methyl sites for hydroxylation is 1. The van der Waals surface area contributed by atoms with Crippen molar-refractivity contribution in [3.63, 3.8) is 0 Å². The summed E-state index contributed by atoms with van der Waals surface area (Å²) in [5.74, 6) is 1.03.